The number of hydrogen-bond acceptors (Lipinski definition) is 3. The quantitative estimate of drug-likeness (QED) is 0.178. The molecule has 0 atom stereocenters. The van der Waals surface area contributed by atoms with Crippen LogP contribution in [0.15, 0.2) is 192 Å². The third kappa shape index (κ3) is 4.78. The number of hydrogen-bond donors (Lipinski definition) is 0. The van der Waals surface area contributed by atoms with Gasteiger partial charge in [-0.25, -0.2) is 0 Å². The molecule has 248 valence electrons. The number of fused-ring (bicyclic) bond motifs is 9. The summed E-state index contributed by atoms with van der Waals surface area (Å²) in [6, 6.07) is 68.0. The highest BCUT2D eigenvalue weighted by Crippen LogP contribution is 2.47. The Kier molecular flexibility index (Phi) is 6.76. The summed E-state index contributed by atoms with van der Waals surface area (Å²) in [6.07, 6.45) is 0. The normalized spacial score (nSPS) is 11.8. The van der Waals surface area contributed by atoms with E-state index in [0.29, 0.717) is 0 Å². The van der Waals surface area contributed by atoms with Gasteiger partial charge in [-0.1, -0.05) is 140 Å². The summed E-state index contributed by atoms with van der Waals surface area (Å²) in [5, 5.41) is 9.64. The molecule has 9 aromatic carbocycles. The second-order valence-corrected chi connectivity index (χ2v) is 14.7. The average molecular weight is 694 g/mol. The van der Waals surface area contributed by atoms with Crippen LogP contribution >= 0.6 is 11.3 Å². The summed E-state index contributed by atoms with van der Waals surface area (Å²) < 4.78 is 9.16. The van der Waals surface area contributed by atoms with E-state index in [9.17, 15) is 0 Å². The molecule has 0 aliphatic heterocycles. The molecule has 0 saturated heterocycles. The molecule has 11 aromatic rings. The molecule has 0 aliphatic rings. The summed E-state index contributed by atoms with van der Waals surface area (Å²) in [6.45, 7) is 0. The molecule has 2 nitrogen and oxygen atoms in total. The van der Waals surface area contributed by atoms with Crippen LogP contribution in [0.25, 0.3) is 85.9 Å². The van der Waals surface area contributed by atoms with Crippen molar-refractivity contribution >= 4 is 92.1 Å². The number of thiophene rings is 1. The van der Waals surface area contributed by atoms with Gasteiger partial charge in [-0.3, -0.25) is 0 Å². The predicted octanol–water partition coefficient (Wildman–Crippen LogP) is 15.1. The Labute approximate surface area is 310 Å². The summed E-state index contributed by atoms with van der Waals surface area (Å²) in [5.41, 5.74) is 9.91. The largest absolute Gasteiger partial charge is 0.455 e. The van der Waals surface area contributed by atoms with Crippen molar-refractivity contribution in [3.05, 3.63) is 188 Å². The third-order valence-corrected chi connectivity index (χ3v) is 11.8. The van der Waals surface area contributed by atoms with Crippen LogP contribution in [0.3, 0.4) is 0 Å². The van der Waals surface area contributed by atoms with E-state index >= 15 is 0 Å². The first-order valence-corrected chi connectivity index (χ1v) is 18.8. The van der Waals surface area contributed by atoms with Crippen molar-refractivity contribution in [2.45, 2.75) is 0 Å². The molecule has 0 amide bonds. The molecule has 0 bridgehead atoms. The Hall–Kier alpha value is -6.68. The van der Waals surface area contributed by atoms with Crippen molar-refractivity contribution in [2.24, 2.45) is 0 Å². The molecule has 2 aromatic heterocycles. The van der Waals surface area contributed by atoms with Crippen LogP contribution in [-0.4, -0.2) is 0 Å². The van der Waals surface area contributed by atoms with Gasteiger partial charge < -0.3 is 9.32 Å². The highest BCUT2D eigenvalue weighted by atomic mass is 32.1. The molecule has 3 heteroatoms. The first-order valence-electron chi connectivity index (χ1n) is 18.0. The van der Waals surface area contributed by atoms with Crippen LogP contribution in [-0.2, 0) is 0 Å². The van der Waals surface area contributed by atoms with E-state index in [1.165, 1.54) is 47.5 Å². The van der Waals surface area contributed by atoms with Gasteiger partial charge in [-0.2, -0.15) is 0 Å². The molecule has 0 saturated carbocycles. The SMILES string of the molecule is c1cc(-c2cccc3ccccc23)cc(N(c2cccc(-c3cccc4oc5c6ccccc6ccc5c34)c2)c2cccc3c2sc2ccccc23)c1. The lowest BCUT2D eigenvalue weighted by Gasteiger charge is -2.27. The maximum Gasteiger partial charge on any atom is 0.143 e. The zero-order chi connectivity index (χ0) is 34.9. The Bertz CT molecular complexity index is 3200. The number of benzene rings is 9. The van der Waals surface area contributed by atoms with E-state index in [-0.39, 0.29) is 0 Å². The highest BCUT2D eigenvalue weighted by molar-refractivity contribution is 7.26. The molecule has 0 spiro atoms. The van der Waals surface area contributed by atoms with Crippen LogP contribution in [0.4, 0.5) is 17.1 Å². The maximum absolute atomic E-state index is 6.60. The Morgan fingerprint density at radius 1 is 0.415 bits per heavy atom. The van der Waals surface area contributed by atoms with Crippen LogP contribution in [0.1, 0.15) is 0 Å². The maximum atomic E-state index is 6.60. The van der Waals surface area contributed by atoms with Crippen molar-refractivity contribution in [3.63, 3.8) is 0 Å². The van der Waals surface area contributed by atoms with E-state index < -0.39 is 0 Å². The Balaban J connectivity index is 1.14. The monoisotopic (exact) mass is 693 g/mol. The third-order valence-electron chi connectivity index (χ3n) is 10.6. The van der Waals surface area contributed by atoms with Gasteiger partial charge in [0.05, 0.1) is 10.4 Å². The van der Waals surface area contributed by atoms with Gasteiger partial charge >= 0.3 is 0 Å². The average Bonchev–Trinajstić information content (AvgIpc) is 3.81. The molecule has 11 rings (SSSR count). The lowest BCUT2D eigenvalue weighted by atomic mass is 9.97. The van der Waals surface area contributed by atoms with Crippen LogP contribution in [0.2, 0.25) is 0 Å². The highest BCUT2D eigenvalue weighted by Gasteiger charge is 2.21. The van der Waals surface area contributed by atoms with E-state index in [2.05, 4.69) is 193 Å². The van der Waals surface area contributed by atoms with Crippen LogP contribution < -0.4 is 4.90 Å². The van der Waals surface area contributed by atoms with Crippen LogP contribution in [0.5, 0.6) is 0 Å². The van der Waals surface area contributed by atoms with Gasteiger partial charge in [0.15, 0.2) is 0 Å². The molecular weight excluding hydrogens is 663 g/mol. The zero-order valence-electron chi connectivity index (χ0n) is 28.7. The van der Waals surface area contributed by atoms with Gasteiger partial charge in [0.2, 0.25) is 0 Å². The number of furan rings is 1. The predicted molar refractivity (Wildman–Crippen MR) is 227 cm³/mol. The first-order chi connectivity index (χ1) is 26.3. The van der Waals surface area contributed by atoms with E-state index in [4.69, 9.17) is 4.42 Å². The summed E-state index contributed by atoms with van der Waals surface area (Å²) in [7, 11) is 0. The lowest BCUT2D eigenvalue weighted by Crippen LogP contribution is -2.10. The van der Waals surface area contributed by atoms with Crippen molar-refractivity contribution in [1.82, 2.24) is 0 Å². The standard InChI is InChI=1S/C50H31NOS/c1-3-19-38-32(12-1)14-9-22-39(38)34-15-7-17-36(30-34)51(45-25-10-24-43-42-21-5-6-27-47(42)53-50(43)45)37-18-8-16-35(31-37)40-23-11-26-46-48(40)44-29-28-33-13-2-4-20-41(33)49(44)52-46/h1-31H. The smallest absolute Gasteiger partial charge is 0.143 e. The molecular formula is C50H31NOS. The minimum absolute atomic E-state index is 0.897. The zero-order valence-corrected chi connectivity index (χ0v) is 29.5. The topological polar surface area (TPSA) is 16.4 Å². The van der Waals surface area contributed by atoms with Gasteiger partial charge in [0.25, 0.3) is 0 Å². The van der Waals surface area contributed by atoms with E-state index in [1.807, 2.05) is 11.3 Å². The summed E-state index contributed by atoms with van der Waals surface area (Å²) in [5.74, 6) is 0. The van der Waals surface area contributed by atoms with Gasteiger partial charge in [0.1, 0.15) is 11.2 Å². The molecule has 0 radical (unpaired) electrons. The minimum atomic E-state index is 0.897. The van der Waals surface area contributed by atoms with E-state index in [0.717, 1.165) is 55.5 Å². The summed E-state index contributed by atoms with van der Waals surface area (Å²) >= 11 is 1.86. The Morgan fingerprint density at radius 2 is 1.02 bits per heavy atom. The molecule has 0 aliphatic carbocycles. The number of nitrogens with zero attached hydrogens (tertiary/aromatic N) is 1. The molecule has 2 heterocycles. The fraction of sp³-hybridized carbons (Fsp3) is 0. The van der Waals surface area contributed by atoms with Crippen LogP contribution in [0, 0.1) is 0 Å². The second kappa shape index (κ2) is 11.9. The fourth-order valence-corrected chi connectivity index (χ4v) is 9.44. The van der Waals surface area contributed by atoms with Crippen molar-refractivity contribution in [1.29, 1.82) is 0 Å². The minimum Gasteiger partial charge on any atom is -0.455 e. The number of anilines is 3. The number of rotatable bonds is 5. The van der Waals surface area contributed by atoms with Crippen molar-refractivity contribution in [3.8, 4) is 22.3 Å². The molecule has 0 unspecified atom stereocenters. The first kappa shape index (κ1) is 30.0. The second-order valence-electron chi connectivity index (χ2n) is 13.7. The van der Waals surface area contributed by atoms with Crippen molar-refractivity contribution in [2.75, 3.05) is 4.90 Å². The lowest BCUT2D eigenvalue weighted by molar-refractivity contribution is 0.673. The van der Waals surface area contributed by atoms with Gasteiger partial charge in [0, 0.05) is 43.0 Å². The van der Waals surface area contributed by atoms with Crippen molar-refractivity contribution < 1.29 is 4.42 Å². The molecule has 0 fully saturated rings. The Morgan fingerprint density at radius 3 is 1.85 bits per heavy atom. The van der Waals surface area contributed by atoms with E-state index in [1.54, 1.807) is 0 Å². The summed E-state index contributed by atoms with van der Waals surface area (Å²) in [4.78, 5) is 2.44. The fourth-order valence-electron chi connectivity index (χ4n) is 8.23. The molecule has 0 N–H and O–H groups in total. The molecule has 53 heavy (non-hydrogen) atoms. The van der Waals surface area contributed by atoms with Gasteiger partial charge in [-0.15, -0.1) is 11.3 Å². The van der Waals surface area contributed by atoms with Gasteiger partial charge in [-0.05, 0) is 86.9 Å².